The second-order valence-corrected chi connectivity index (χ2v) is 4.82. The van der Waals surface area contributed by atoms with Crippen molar-refractivity contribution in [2.75, 3.05) is 6.54 Å². The molecular formula is C16H22ClNO. The van der Waals surface area contributed by atoms with Crippen LogP contribution in [-0.4, -0.2) is 17.7 Å². The number of hydrogen-bond acceptors (Lipinski definition) is 2. The fraction of sp³-hybridized carbons (Fsp3) is 0.375. The Morgan fingerprint density at radius 2 is 2.11 bits per heavy atom. The standard InChI is InChI=1S/C16H21NO.ClH/c1-3-6-13-14(17-11-4-2)10-9-12-7-5-8-15(18)16(12)13;/h3-5,7-8,13-14,17-18H,1-2,6,9-11H2;1H/t13-,14-;/m0./s1. The van der Waals surface area contributed by atoms with E-state index in [-0.39, 0.29) is 12.4 Å². The maximum Gasteiger partial charge on any atom is 0.119 e. The fourth-order valence-electron chi connectivity index (χ4n) is 2.90. The lowest BCUT2D eigenvalue weighted by Crippen LogP contribution is -2.38. The van der Waals surface area contributed by atoms with Crippen LogP contribution in [0.25, 0.3) is 0 Å². The van der Waals surface area contributed by atoms with Gasteiger partial charge < -0.3 is 10.4 Å². The van der Waals surface area contributed by atoms with Gasteiger partial charge in [0.25, 0.3) is 0 Å². The number of phenolic OH excluding ortho intramolecular Hbond substituents is 1. The van der Waals surface area contributed by atoms with E-state index in [1.807, 2.05) is 18.2 Å². The van der Waals surface area contributed by atoms with Gasteiger partial charge in [-0.05, 0) is 30.9 Å². The van der Waals surface area contributed by atoms with Crippen LogP contribution in [0.2, 0.25) is 0 Å². The zero-order valence-corrected chi connectivity index (χ0v) is 12.0. The lowest BCUT2D eigenvalue weighted by Gasteiger charge is -2.34. The number of nitrogens with one attached hydrogen (secondary N) is 1. The Balaban J connectivity index is 0.00000180. The summed E-state index contributed by atoms with van der Waals surface area (Å²) in [6.45, 7) is 8.40. The molecule has 2 N–H and O–H groups in total. The Morgan fingerprint density at radius 3 is 2.79 bits per heavy atom. The largest absolute Gasteiger partial charge is 0.508 e. The molecule has 0 amide bonds. The second-order valence-electron chi connectivity index (χ2n) is 4.82. The Morgan fingerprint density at radius 1 is 1.32 bits per heavy atom. The van der Waals surface area contributed by atoms with Gasteiger partial charge in [0.1, 0.15) is 5.75 Å². The molecule has 2 nitrogen and oxygen atoms in total. The van der Waals surface area contributed by atoms with Gasteiger partial charge >= 0.3 is 0 Å². The minimum atomic E-state index is 0. The van der Waals surface area contributed by atoms with Gasteiger partial charge in [-0.2, -0.15) is 0 Å². The molecule has 3 heteroatoms. The number of halogens is 1. The van der Waals surface area contributed by atoms with Gasteiger partial charge in [-0.1, -0.05) is 24.3 Å². The van der Waals surface area contributed by atoms with Crippen molar-refractivity contribution < 1.29 is 5.11 Å². The lowest BCUT2D eigenvalue weighted by atomic mass is 9.77. The quantitative estimate of drug-likeness (QED) is 0.808. The van der Waals surface area contributed by atoms with Crippen LogP contribution < -0.4 is 5.32 Å². The predicted molar refractivity (Wildman–Crippen MR) is 83.2 cm³/mol. The number of phenols is 1. The van der Waals surface area contributed by atoms with E-state index in [0.29, 0.717) is 17.7 Å². The molecule has 0 saturated carbocycles. The maximum atomic E-state index is 10.1. The van der Waals surface area contributed by atoms with Crippen LogP contribution in [-0.2, 0) is 6.42 Å². The van der Waals surface area contributed by atoms with Gasteiger partial charge in [0.15, 0.2) is 0 Å². The molecule has 1 aromatic carbocycles. The maximum absolute atomic E-state index is 10.1. The van der Waals surface area contributed by atoms with Crippen molar-refractivity contribution in [3.63, 3.8) is 0 Å². The smallest absolute Gasteiger partial charge is 0.119 e. The monoisotopic (exact) mass is 279 g/mol. The average molecular weight is 280 g/mol. The number of aromatic hydroxyl groups is 1. The van der Waals surface area contributed by atoms with E-state index in [0.717, 1.165) is 31.4 Å². The summed E-state index contributed by atoms with van der Waals surface area (Å²) >= 11 is 0. The van der Waals surface area contributed by atoms with E-state index in [4.69, 9.17) is 0 Å². The summed E-state index contributed by atoms with van der Waals surface area (Å²) < 4.78 is 0. The highest BCUT2D eigenvalue weighted by atomic mass is 35.5. The highest BCUT2D eigenvalue weighted by Crippen LogP contribution is 2.39. The number of benzene rings is 1. The topological polar surface area (TPSA) is 32.3 Å². The zero-order valence-electron chi connectivity index (χ0n) is 11.1. The molecule has 0 heterocycles. The Kier molecular flexibility index (Phi) is 6.13. The van der Waals surface area contributed by atoms with Crippen LogP contribution in [0.1, 0.15) is 29.9 Å². The van der Waals surface area contributed by atoms with Crippen molar-refractivity contribution in [3.8, 4) is 5.75 Å². The number of aryl methyl sites for hydroxylation is 1. The van der Waals surface area contributed by atoms with Crippen molar-refractivity contribution in [1.82, 2.24) is 5.32 Å². The molecule has 0 aromatic heterocycles. The molecule has 1 aliphatic carbocycles. The third-order valence-electron chi connectivity index (χ3n) is 3.70. The Labute approximate surface area is 121 Å². The fourth-order valence-corrected chi connectivity index (χ4v) is 2.90. The van der Waals surface area contributed by atoms with Crippen molar-refractivity contribution >= 4 is 12.4 Å². The molecule has 0 radical (unpaired) electrons. The van der Waals surface area contributed by atoms with Gasteiger partial charge in [0.05, 0.1) is 0 Å². The third-order valence-corrected chi connectivity index (χ3v) is 3.70. The first kappa shape index (κ1) is 15.8. The van der Waals surface area contributed by atoms with Crippen LogP contribution >= 0.6 is 12.4 Å². The van der Waals surface area contributed by atoms with Gasteiger partial charge in [-0.15, -0.1) is 25.6 Å². The van der Waals surface area contributed by atoms with Crippen molar-refractivity contribution in [3.05, 3.63) is 54.6 Å². The molecule has 0 unspecified atom stereocenters. The molecule has 19 heavy (non-hydrogen) atoms. The Bertz CT molecular complexity index is 444. The molecule has 0 bridgehead atoms. The highest BCUT2D eigenvalue weighted by Gasteiger charge is 2.30. The van der Waals surface area contributed by atoms with Gasteiger partial charge in [-0.3, -0.25) is 0 Å². The van der Waals surface area contributed by atoms with Crippen molar-refractivity contribution in [1.29, 1.82) is 0 Å². The van der Waals surface area contributed by atoms with Gasteiger partial charge in [0.2, 0.25) is 0 Å². The second kappa shape index (κ2) is 7.37. The zero-order chi connectivity index (χ0) is 13.0. The predicted octanol–water partition coefficient (Wildman–Crippen LogP) is 3.56. The highest BCUT2D eigenvalue weighted by molar-refractivity contribution is 5.85. The molecule has 2 atom stereocenters. The number of fused-ring (bicyclic) bond motifs is 1. The summed E-state index contributed by atoms with van der Waals surface area (Å²) in [5.41, 5.74) is 2.38. The van der Waals surface area contributed by atoms with E-state index in [9.17, 15) is 5.11 Å². The molecule has 0 saturated heterocycles. The molecule has 0 aliphatic heterocycles. The summed E-state index contributed by atoms with van der Waals surface area (Å²) in [6.07, 6.45) is 6.83. The molecule has 1 aromatic rings. The van der Waals surface area contributed by atoms with E-state index in [2.05, 4.69) is 24.5 Å². The van der Waals surface area contributed by atoms with Gasteiger partial charge in [0, 0.05) is 24.1 Å². The van der Waals surface area contributed by atoms with Crippen LogP contribution in [0, 0.1) is 0 Å². The summed E-state index contributed by atoms with van der Waals surface area (Å²) in [6, 6.07) is 6.22. The first-order chi connectivity index (χ1) is 8.77. The van der Waals surface area contributed by atoms with Crippen molar-refractivity contribution in [2.24, 2.45) is 0 Å². The minimum Gasteiger partial charge on any atom is -0.508 e. The number of rotatable bonds is 5. The van der Waals surface area contributed by atoms with Crippen LogP contribution in [0.4, 0.5) is 0 Å². The molecular weight excluding hydrogens is 258 g/mol. The van der Waals surface area contributed by atoms with E-state index < -0.39 is 0 Å². The summed E-state index contributed by atoms with van der Waals surface area (Å²) in [5, 5.41) is 13.6. The Hall–Kier alpha value is -1.25. The molecule has 0 fully saturated rings. The van der Waals surface area contributed by atoms with E-state index >= 15 is 0 Å². The molecule has 0 spiro atoms. The van der Waals surface area contributed by atoms with Crippen LogP contribution in [0.15, 0.2) is 43.5 Å². The summed E-state index contributed by atoms with van der Waals surface area (Å²) in [7, 11) is 0. The molecule has 1 aliphatic rings. The first-order valence-corrected chi connectivity index (χ1v) is 6.53. The normalized spacial score (nSPS) is 21.1. The lowest BCUT2D eigenvalue weighted by molar-refractivity contribution is 0.381. The van der Waals surface area contributed by atoms with Gasteiger partial charge in [-0.25, -0.2) is 0 Å². The van der Waals surface area contributed by atoms with E-state index in [1.54, 1.807) is 6.07 Å². The molecule has 2 rings (SSSR count). The van der Waals surface area contributed by atoms with Crippen molar-refractivity contribution in [2.45, 2.75) is 31.2 Å². The first-order valence-electron chi connectivity index (χ1n) is 6.53. The molecule has 104 valence electrons. The third kappa shape index (κ3) is 3.40. The van der Waals surface area contributed by atoms with Crippen LogP contribution in [0.5, 0.6) is 5.75 Å². The number of allylic oxidation sites excluding steroid dienone is 1. The average Bonchev–Trinajstić information content (AvgIpc) is 2.38. The van der Waals surface area contributed by atoms with E-state index in [1.165, 1.54) is 5.56 Å². The summed E-state index contributed by atoms with van der Waals surface area (Å²) in [5.74, 6) is 0.733. The summed E-state index contributed by atoms with van der Waals surface area (Å²) in [4.78, 5) is 0. The number of hydrogen-bond donors (Lipinski definition) is 2. The van der Waals surface area contributed by atoms with Crippen LogP contribution in [0.3, 0.4) is 0 Å². The SMILES string of the molecule is C=CCN[C@H]1CCc2cccc(O)c2[C@H]1CC=C.Cl. The minimum absolute atomic E-state index is 0.